The number of carboxylic acids is 1. The van der Waals surface area contributed by atoms with E-state index in [9.17, 15) is 14.4 Å². The van der Waals surface area contributed by atoms with Crippen LogP contribution in [0.15, 0.2) is 48.5 Å². The predicted octanol–water partition coefficient (Wildman–Crippen LogP) is 3.73. The third-order valence-corrected chi connectivity index (χ3v) is 6.70. The highest BCUT2D eigenvalue weighted by Gasteiger charge is 2.45. The summed E-state index contributed by atoms with van der Waals surface area (Å²) < 4.78 is 5.55. The second kappa shape index (κ2) is 9.65. The number of nitrogens with one attached hydrogen (secondary N) is 1. The summed E-state index contributed by atoms with van der Waals surface area (Å²) in [7, 11) is 0. The minimum atomic E-state index is -0.912. The van der Waals surface area contributed by atoms with Gasteiger partial charge in [-0.3, -0.25) is 9.59 Å². The molecule has 2 aliphatic rings. The van der Waals surface area contributed by atoms with Crippen LogP contribution < -0.4 is 5.32 Å². The molecule has 7 heteroatoms. The van der Waals surface area contributed by atoms with Crippen molar-refractivity contribution >= 4 is 18.0 Å². The van der Waals surface area contributed by atoms with E-state index in [1.165, 1.54) is 11.1 Å². The molecule has 0 saturated heterocycles. The first-order valence-electron chi connectivity index (χ1n) is 11.5. The van der Waals surface area contributed by atoms with Crippen LogP contribution in [0, 0.1) is 17.8 Å². The average Bonchev–Trinajstić information content (AvgIpc) is 3.54. The SMILES string of the molecule is CCN(CC(C)C(=O)O)C(=O)C1CC1CNC(=O)OCC1c2ccccc2-c2ccccc21. The van der Waals surface area contributed by atoms with Gasteiger partial charge in [0.25, 0.3) is 0 Å². The van der Waals surface area contributed by atoms with Crippen molar-refractivity contribution < 1.29 is 24.2 Å². The smallest absolute Gasteiger partial charge is 0.407 e. The van der Waals surface area contributed by atoms with Crippen LogP contribution in [0.25, 0.3) is 11.1 Å². The van der Waals surface area contributed by atoms with Crippen LogP contribution in [0.2, 0.25) is 0 Å². The van der Waals surface area contributed by atoms with E-state index in [2.05, 4.69) is 29.6 Å². The number of aliphatic carboxylic acids is 1. The second-order valence-electron chi connectivity index (χ2n) is 8.92. The number of nitrogens with zero attached hydrogens (tertiary/aromatic N) is 1. The summed E-state index contributed by atoms with van der Waals surface area (Å²) in [6, 6.07) is 16.4. The molecule has 3 unspecified atom stereocenters. The number of amides is 2. The summed E-state index contributed by atoms with van der Waals surface area (Å²) in [5.41, 5.74) is 4.68. The van der Waals surface area contributed by atoms with Gasteiger partial charge in [0.2, 0.25) is 5.91 Å². The Balaban J connectivity index is 1.26. The summed E-state index contributed by atoms with van der Waals surface area (Å²) in [5, 5.41) is 11.9. The first kappa shape index (κ1) is 22.8. The van der Waals surface area contributed by atoms with E-state index in [1.54, 1.807) is 11.8 Å². The molecule has 3 atom stereocenters. The second-order valence-corrected chi connectivity index (χ2v) is 8.92. The van der Waals surface area contributed by atoms with Crippen molar-refractivity contribution in [2.75, 3.05) is 26.2 Å². The summed E-state index contributed by atoms with van der Waals surface area (Å²) in [5.74, 6) is -1.65. The molecule has 0 radical (unpaired) electrons. The molecular weight excluding hydrogens is 420 g/mol. The number of ether oxygens (including phenoxy) is 1. The van der Waals surface area contributed by atoms with Crippen molar-refractivity contribution in [1.82, 2.24) is 10.2 Å². The number of rotatable bonds is 9. The molecule has 7 nitrogen and oxygen atoms in total. The Kier molecular flexibility index (Phi) is 6.67. The molecule has 0 spiro atoms. The fourth-order valence-corrected chi connectivity index (χ4v) is 4.66. The third-order valence-electron chi connectivity index (χ3n) is 6.70. The van der Waals surface area contributed by atoms with Crippen LogP contribution in [-0.4, -0.2) is 54.2 Å². The van der Waals surface area contributed by atoms with Gasteiger partial charge < -0.3 is 20.1 Å². The minimum absolute atomic E-state index is 0.00717. The van der Waals surface area contributed by atoms with E-state index in [4.69, 9.17) is 9.84 Å². The van der Waals surface area contributed by atoms with Crippen LogP contribution in [0.4, 0.5) is 4.79 Å². The Labute approximate surface area is 193 Å². The summed E-state index contributed by atoms with van der Waals surface area (Å²) in [6.45, 7) is 4.75. The van der Waals surface area contributed by atoms with Gasteiger partial charge in [-0.15, -0.1) is 0 Å². The Bertz CT molecular complexity index is 1010. The Hall–Kier alpha value is -3.35. The predicted molar refractivity (Wildman–Crippen MR) is 124 cm³/mol. The van der Waals surface area contributed by atoms with Crippen LogP contribution in [0.3, 0.4) is 0 Å². The molecule has 2 amide bonds. The van der Waals surface area contributed by atoms with Crippen molar-refractivity contribution in [2.24, 2.45) is 17.8 Å². The minimum Gasteiger partial charge on any atom is -0.481 e. The number of carboxylic acid groups (broad SMARTS) is 1. The molecule has 0 bridgehead atoms. The third kappa shape index (κ3) is 4.87. The molecule has 4 rings (SSSR count). The number of carbonyl (C=O) groups is 3. The van der Waals surface area contributed by atoms with Crippen molar-refractivity contribution in [3.8, 4) is 11.1 Å². The van der Waals surface area contributed by atoms with Gasteiger partial charge in [-0.25, -0.2) is 4.79 Å². The molecule has 2 N–H and O–H groups in total. The average molecular weight is 451 g/mol. The molecule has 2 aromatic carbocycles. The highest BCUT2D eigenvalue weighted by atomic mass is 16.5. The van der Waals surface area contributed by atoms with Crippen LogP contribution in [-0.2, 0) is 14.3 Å². The normalized spacial score (nSPS) is 19.2. The molecule has 0 aromatic heterocycles. The molecule has 0 aliphatic heterocycles. The van der Waals surface area contributed by atoms with E-state index in [-0.39, 0.29) is 36.8 Å². The Morgan fingerprint density at radius 1 is 1.09 bits per heavy atom. The van der Waals surface area contributed by atoms with Gasteiger partial charge in [0.05, 0.1) is 5.92 Å². The molecule has 174 valence electrons. The first-order chi connectivity index (χ1) is 15.9. The lowest BCUT2D eigenvalue weighted by atomic mass is 9.98. The van der Waals surface area contributed by atoms with Crippen LogP contribution >= 0.6 is 0 Å². The number of benzene rings is 2. The Morgan fingerprint density at radius 2 is 1.70 bits per heavy atom. The molecule has 0 heterocycles. The zero-order chi connectivity index (χ0) is 23.5. The fraction of sp³-hybridized carbons (Fsp3) is 0.423. The molecular formula is C26H30N2O5. The lowest BCUT2D eigenvalue weighted by Gasteiger charge is -2.23. The van der Waals surface area contributed by atoms with Crippen LogP contribution in [0.5, 0.6) is 0 Å². The molecule has 2 aliphatic carbocycles. The quantitative estimate of drug-likeness (QED) is 0.607. The molecule has 1 saturated carbocycles. The summed E-state index contributed by atoms with van der Waals surface area (Å²) in [6.07, 6.45) is 0.210. The van der Waals surface area contributed by atoms with Gasteiger partial charge in [0.15, 0.2) is 0 Å². The number of carbonyl (C=O) groups excluding carboxylic acids is 2. The molecule has 33 heavy (non-hydrogen) atoms. The largest absolute Gasteiger partial charge is 0.481 e. The maximum absolute atomic E-state index is 12.7. The van der Waals surface area contributed by atoms with Crippen molar-refractivity contribution in [3.05, 3.63) is 59.7 Å². The fourth-order valence-electron chi connectivity index (χ4n) is 4.66. The Morgan fingerprint density at radius 3 is 2.27 bits per heavy atom. The van der Waals surface area contributed by atoms with E-state index in [1.807, 2.05) is 31.2 Å². The van der Waals surface area contributed by atoms with Gasteiger partial charge in [-0.1, -0.05) is 55.5 Å². The van der Waals surface area contributed by atoms with E-state index in [0.29, 0.717) is 19.5 Å². The van der Waals surface area contributed by atoms with Crippen molar-refractivity contribution in [1.29, 1.82) is 0 Å². The number of hydrogen-bond acceptors (Lipinski definition) is 4. The molecule has 1 fully saturated rings. The van der Waals surface area contributed by atoms with E-state index < -0.39 is 18.0 Å². The number of alkyl carbamates (subject to hydrolysis) is 1. The van der Waals surface area contributed by atoms with Crippen molar-refractivity contribution in [2.45, 2.75) is 26.2 Å². The lowest BCUT2D eigenvalue weighted by Crippen LogP contribution is -2.38. The van der Waals surface area contributed by atoms with E-state index >= 15 is 0 Å². The van der Waals surface area contributed by atoms with Crippen LogP contribution in [0.1, 0.15) is 37.3 Å². The van der Waals surface area contributed by atoms with Gasteiger partial charge in [-0.2, -0.15) is 0 Å². The highest BCUT2D eigenvalue weighted by Crippen LogP contribution is 2.44. The molecule has 2 aromatic rings. The number of fused-ring (bicyclic) bond motifs is 3. The van der Waals surface area contributed by atoms with Gasteiger partial charge in [0.1, 0.15) is 6.61 Å². The number of hydrogen-bond donors (Lipinski definition) is 2. The highest BCUT2D eigenvalue weighted by molar-refractivity contribution is 5.82. The lowest BCUT2D eigenvalue weighted by molar-refractivity contribution is -0.143. The standard InChI is InChI=1S/C26H30N2O5/c1-3-28(14-16(2)25(30)31)24(29)22-12-17(22)13-27-26(32)33-15-23-20-10-6-4-8-18(20)19-9-5-7-11-21(19)23/h4-11,16-17,22-23H,3,12-15H2,1-2H3,(H,27,32)(H,30,31). The van der Waals surface area contributed by atoms with Crippen molar-refractivity contribution in [3.63, 3.8) is 0 Å². The first-order valence-corrected chi connectivity index (χ1v) is 11.5. The van der Waals surface area contributed by atoms with Gasteiger partial charge in [-0.05, 0) is 41.5 Å². The maximum Gasteiger partial charge on any atom is 0.407 e. The monoisotopic (exact) mass is 450 g/mol. The van der Waals surface area contributed by atoms with E-state index in [0.717, 1.165) is 11.1 Å². The maximum atomic E-state index is 12.7. The zero-order valence-electron chi connectivity index (χ0n) is 19.0. The van der Waals surface area contributed by atoms with Gasteiger partial charge in [0, 0.05) is 31.5 Å². The van der Waals surface area contributed by atoms with Gasteiger partial charge >= 0.3 is 12.1 Å². The zero-order valence-corrected chi connectivity index (χ0v) is 19.0. The summed E-state index contributed by atoms with van der Waals surface area (Å²) >= 11 is 0. The topological polar surface area (TPSA) is 95.9 Å². The summed E-state index contributed by atoms with van der Waals surface area (Å²) in [4.78, 5) is 37.7.